The number of amides is 1. The van der Waals surface area contributed by atoms with Crippen LogP contribution in [0.15, 0.2) is 10.9 Å². The van der Waals surface area contributed by atoms with Crippen LogP contribution in [0.3, 0.4) is 0 Å². The normalized spacial score (nSPS) is 16.3. The number of hydrogen-bond acceptors (Lipinski definition) is 6. The maximum atomic E-state index is 12.2. The fourth-order valence-electron chi connectivity index (χ4n) is 2.83. The number of halogens is 1. The van der Waals surface area contributed by atoms with Crippen molar-refractivity contribution in [2.24, 2.45) is 0 Å². The van der Waals surface area contributed by atoms with Gasteiger partial charge in [-0.1, -0.05) is 6.92 Å². The second kappa shape index (κ2) is 8.20. The molecule has 0 radical (unpaired) electrons. The molecule has 0 aliphatic carbocycles. The van der Waals surface area contributed by atoms with Gasteiger partial charge in [0.1, 0.15) is 22.3 Å². The lowest BCUT2D eigenvalue weighted by molar-refractivity contribution is -0.137. The summed E-state index contributed by atoms with van der Waals surface area (Å²) in [6.45, 7) is 9.59. The molecule has 1 aliphatic rings. The van der Waals surface area contributed by atoms with Crippen LogP contribution in [-0.4, -0.2) is 63.8 Å². The van der Waals surface area contributed by atoms with E-state index in [1.54, 1.807) is 4.90 Å². The van der Waals surface area contributed by atoms with Gasteiger partial charge in [0.15, 0.2) is 0 Å². The molecule has 144 valence electrons. The Morgan fingerprint density at radius 1 is 1.27 bits per heavy atom. The second-order valence-electron chi connectivity index (χ2n) is 7.36. The van der Waals surface area contributed by atoms with Gasteiger partial charge in [-0.25, -0.2) is 14.8 Å². The molecule has 0 aromatic carbocycles. The molecule has 0 unspecified atom stereocenters. The highest BCUT2D eigenvalue weighted by Crippen LogP contribution is 2.33. The largest absolute Gasteiger partial charge is 0.481 e. The van der Waals surface area contributed by atoms with Crippen LogP contribution in [0.25, 0.3) is 0 Å². The Balaban J connectivity index is 2.11. The van der Waals surface area contributed by atoms with Gasteiger partial charge < -0.3 is 19.6 Å². The molecule has 26 heavy (non-hydrogen) atoms. The number of ether oxygens (including phenoxy) is 1. The predicted octanol–water partition coefficient (Wildman–Crippen LogP) is 2.87. The van der Waals surface area contributed by atoms with Crippen molar-refractivity contribution in [2.75, 3.05) is 31.1 Å². The summed E-state index contributed by atoms with van der Waals surface area (Å²) in [4.78, 5) is 35.5. The van der Waals surface area contributed by atoms with E-state index < -0.39 is 11.6 Å². The number of hydrogen-bond donors (Lipinski definition) is 1. The number of rotatable bonds is 4. The Kier molecular flexibility index (Phi) is 6.44. The van der Waals surface area contributed by atoms with E-state index in [0.29, 0.717) is 36.6 Å². The molecule has 1 N–H and O–H groups in total. The Morgan fingerprint density at radius 2 is 1.88 bits per heavy atom. The first kappa shape index (κ1) is 20.4. The second-order valence-corrected chi connectivity index (χ2v) is 8.11. The summed E-state index contributed by atoms with van der Waals surface area (Å²) in [5, 5.41) is 9.10. The molecule has 2 heterocycles. The van der Waals surface area contributed by atoms with Crippen molar-refractivity contribution in [3.8, 4) is 0 Å². The van der Waals surface area contributed by atoms with Gasteiger partial charge in [-0.05, 0) is 42.6 Å². The highest BCUT2D eigenvalue weighted by atomic mass is 79.9. The maximum Gasteiger partial charge on any atom is 0.410 e. The minimum absolute atomic E-state index is 0.00313. The molecule has 1 saturated heterocycles. The van der Waals surface area contributed by atoms with Crippen LogP contribution in [0.4, 0.5) is 10.6 Å². The third-order valence-electron chi connectivity index (χ3n) is 4.02. The van der Waals surface area contributed by atoms with Crippen molar-refractivity contribution >= 4 is 33.8 Å². The van der Waals surface area contributed by atoms with Gasteiger partial charge in [0, 0.05) is 31.7 Å². The average molecular weight is 429 g/mol. The molecule has 9 heteroatoms. The van der Waals surface area contributed by atoms with E-state index in [-0.39, 0.29) is 18.4 Å². The number of carboxylic acids is 1. The first-order valence-electron chi connectivity index (χ1n) is 8.53. The van der Waals surface area contributed by atoms with E-state index >= 15 is 0 Å². The molecule has 2 rings (SSSR count). The number of carbonyl (C=O) groups is 2. The van der Waals surface area contributed by atoms with E-state index in [9.17, 15) is 9.59 Å². The number of anilines is 1. The molecular formula is C17H25BrN4O4. The topological polar surface area (TPSA) is 95.9 Å². The van der Waals surface area contributed by atoms with Crippen molar-refractivity contribution in [1.29, 1.82) is 0 Å². The lowest BCUT2D eigenvalue weighted by Crippen LogP contribution is -2.50. The third kappa shape index (κ3) is 5.30. The zero-order chi connectivity index (χ0) is 19.5. The maximum absolute atomic E-state index is 12.2. The third-order valence-corrected chi connectivity index (χ3v) is 4.65. The Labute approximate surface area is 161 Å². The van der Waals surface area contributed by atoms with E-state index in [1.807, 2.05) is 27.7 Å². The van der Waals surface area contributed by atoms with Gasteiger partial charge in [0.2, 0.25) is 0 Å². The summed E-state index contributed by atoms with van der Waals surface area (Å²) in [5.74, 6) is -0.389. The molecule has 0 saturated carbocycles. The molecule has 1 fully saturated rings. The van der Waals surface area contributed by atoms with E-state index in [0.717, 1.165) is 5.56 Å². The number of nitrogens with zero attached hydrogens (tertiary/aromatic N) is 4. The Hall–Kier alpha value is -1.90. The molecule has 8 nitrogen and oxygen atoms in total. The van der Waals surface area contributed by atoms with Crippen molar-refractivity contribution in [3.63, 3.8) is 0 Å². The predicted molar refractivity (Wildman–Crippen MR) is 100 cm³/mol. The number of aromatic nitrogens is 2. The monoisotopic (exact) mass is 428 g/mol. The molecular weight excluding hydrogens is 404 g/mol. The fraction of sp³-hybridized carbons (Fsp3) is 0.647. The average Bonchev–Trinajstić information content (AvgIpc) is 2.52. The number of piperazine rings is 1. The van der Waals surface area contributed by atoms with Gasteiger partial charge in [-0.3, -0.25) is 4.79 Å². The summed E-state index contributed by atoms with van der Waals surface area (Å²) < 4.78 is 6.02. The Morgan fingerprint density at radius 3 is 2.42 bits per heavy atom. The van der Waals surface area contributed by atoms with Crippen molar-refractivity contribution in [2.45, 2.75) is 45.6 Å². The highest BCUT2D eigenvalue weighted by molar-refractivity contribution is 9.10. The molecule has 0 spiro atoms. The molecule has 1 amide bonds. The van der Waals surface area contributed by atoms with Gasteiger partial charge in [0.25, 0.3) is 0 Å². The molecule has 1 aromatic rings. The number of carbonyl (C=O) groups excluding carboxylic acids is 1. The summed E-state index contributed by atoms with van der Waals surface area (Å²) in [6.07, 6.45) is 1.13. The number of carboxylic acid groups (broad SMARTS) is 1. The summed E-state index contributed by atoms with van der Waals surface area (Å²) >= 11 is 3.42. The minimum Gasteiger partial charge on any atom is -0.481 e. The van der Waals surface area contributed by atoms with E-state index in [1.165, 1.54) is 6.33 Å². The first-order valence-corrected chi connectivity index (χ1v) is 9.33. The lowest BCUT2D eigenvalue weighted by atomic mass is 9.99. The van der Waals surface area contributed by atoms with Crippen molar-refractivity contribution < 1.29 is 19.4 Å². The van der Waals surface area contributed by atoms with Crippen LogP contribution >= 0.6 is 15.9 Å². The molecule has 1 aliphatic heterocycles. The summed E-state index contributed by atoms with van der Waals surface area (Å²) in [7, 11) is 0. The molecule has 1 aromatic heterocycles. The molecule has 0 bridgehead atoms. The van der Waals surface area contributed by atoms with E-state index in [4.69, 9.17) is 9.84 Å². The Bertz CT molecular complexity index is 669. The SMILES string of the molecule is C[C@H](CC(=O)O)c1c(Br)ncnc1N1CCN(C(=O)OC(C)(C)C)CC1. The van der Waals surface area contributed by atoms with Crippen LogP contribution in [-0.2, 0) is 9.53 Å². The zero-order valence-electron chi connectivity index (χ0n) is 15.5. The zero-order valence-corrected chi connectivity index (χ0v) is 17.1. The summed E-state index contributed by atoms with van der Waals surface area (Å²) in [6, 6.07) is 0. The van der Waals surface area contributed by atoms with Crippen LogP contribution < -0.4 is 4.90 Å². The molecule has 1 atom stereocenters. The van der Waals surface area contributed by atoms with E-state index in [2.05, 4.69) is 30.8 Å². The van der Waals surface area contributed by atoms with Gasteiger partial charge in [-0.2, -0.15) is 0 Å². The van der Waals surface area contributed by atoms with Crippen LogP contribution in [0, 0.1) is 0 Å². The smallest absolute Gasteiger partial charge is 0.410 e. The number of aliphatic carboxylic acids is 1. The first-order chi connectivity index (χ1) is 12.1. The summed E-state index contributed by atoms with van der Waals surface area (Å²) in [5.41, 5.74) is 0.256. The lowest BCUT2D eigenvalue weighted by Gasteiger charge is -2.37. The van der Waals surface area contributed by atoms with Crippen LogP contribution in [0.1, 0.15) is 45.6 Å². The van der Waals surface area contributed by atoms with Gasteiger partial charge in [-0.15, -0.1) is 0 Å². The van der Waals surface area contributed by atoms with Crippen LogP contribution in [0.5, 0.6) is 0 Å². The fourth-order valence-corrected chi connectivity index (χ4v) is 3.49. The highest BCUT2D eigenvalue weighted by Gasteiger charge is 2.29. The quantitative estimate of drug-likeness (QED) is 0.736. The standard InChI is InChI=1S/C17H25BrN4O4/c1-11(9-12(23)24)13-14(18)19-10-20-15(13)21-5-7-22(8-6-21)16(25)26-17(2,3)4/h10-11H,5-9H2,1-4H3,(H,23,24)/t11-/m1/s1. The van der Waals surface area contributed by atoms with Crippen molar-refractivity contribution in [1.82, 2.24) is 14.9 Å². The van der Waals surface area contributed by atoms with Gasteiger partial charge >= 0.3 is 12.1 Å². The van der Waals surface area contributed by atoms with Gasteiger partial charge in [0.05, 0.1) is 6.42 Å². The minimum atomic E-state index is -0.867. The van der Waals surface area contributed by atoms with Crippen molar-refractivity contribution in [3.05, 3.63) is 16.5 Å². The van der Waals surface area contributed by atoms with Crippen LogP contribution in [0.2, 0.25) is 0 Å².